The van der Waals surface area contributed by atoms with Gasteiger partial charge in [0.25, 0.3) is 11.6 Å². The van der Waals surface area contributed by atoms with E-state index >= 15 is 0 Å². The van der Waals surface area contributed by atoms with E-state index in [1.165, 1.54) is 4.90 Å². The van der Waals surface area contributed by atoms with E-state index in [-0.39, 0.29) is 30.6 Å². The summed E-state index contributed by atoms with van der Waals surface area (Å²) in [6.45, 7) is 0.671. The summed E-state index contributed by atoms with van der Waals surface area (Å²) < 4.78 is 5.51. The Labute approximate surface area is 178 Å². The van der Waals surface area contributed by atoms with Crippen LogP contribution >= 0.6 is 0 Å². The number of carbonyl (C=O) groups excluding carboxylic acids is 3. The number of pyridine rings is 1. The zero-order valence-corrected chi connectivity index (χ0v) is 17.0. The van der Waals surface area contributed by atoms with E-state index < -0.39 is 0 Å². The first-order valence-corrected chi connectivity index (χ1v) is 10.6. The molecule has 3 heterocycles. The van der Waals surface area contributed by atoms with Crippen molar-refractivity contribution >= 4 is 28.8 Å². The number of hydrogen-bond acceptors (Lipinski definition) is 6. The van der Waals surface area contributed by atoms with Crippen molar-refractivity contribution in [3.63, 3.8) is 0 Å². The number of imide groups is 1. The molecule has 0 radical (unpaired) electrons. The minimum Gasteiger partial charge on any atom is -0.352 e. The Morgan fingerprint density at radius 1 is 1.13 bits per heavy atom. The molecule has 1 aromatic carbocycles. The first-order valence-electron chi connectivity index (χ1n) is 10.6. The number of amides is 3. The molecule has 1 aliphatic carbocycles. The van der Waals surface area contributed by atoms with Crippen molar-refractivity contribution < 1.29 is 18.9 Å². The van der Waals surface area contributed by atoms with Crippen LogP contribution in [0.25, 0.3) is 22.4 Å². The van der Waals surface area contributed by atoms with E-state index in [0.29, 0.717) is 47.8 Å². The van der Waals surface area contributed by atoms with Crippen molar-refractivity contribution in [1.82, 2.24) is 20.4 Å². The SMILES string of the molecule is O=C(NCCCN1C(=O)CCC1=O)c1cc(C2CC2)nc2onc(-c3ccccc3)c12. The Hall–Kier alpha value is -3.55. The van der Waals surface area contributed by atoms with Gasteiger partial charge in [0, 0.05) is 43.1 Å². The van der Waals surface area contributed by atoms with Gasteiger partial charge < -0.3 is 9.84 Å². The van der Waals surface area contributed by atoms with Gasteiger partial charge in [-0.3, -0.25) is 19.3 Å². The van der Waals surface area contributed by atoms with Crippen molar-refractivity contribution in [1.29, 1.82) is 0 Å². The van der Waals surface area contributed by atoms with E-state index in [4.69, 9.17) is 4.52 Å². The normalized spacial score (nSPS) is 16.3. The van der Waals surface area contributed by atoms with Gasteiger partial charge >= 0.3 is 0 Å². The highest BCUT2D eigenvalue weighted by Crippen LogP contribution is 2.41. The molecule has 0 spiro atoms. The van der Waals surface area contributed by atoms with Gasteiger partial charge in [-0.25, -0.2) is 4.98 Å². The smallest absolute Gasteiger partial charge is 0.259 e. The molecule has 8 nitrogen and oxygen atoms in total. The van der Waals surface area contributed by atoms with Gasteiger partial charge in [-0.15, -0.1) is 0 Å². The molecule has 3 aromatic rings. The summed E-state index contributed by atoms with van der Waals surface area (Å²) in [4.78, 5) is 42.4. The summed E-state index contributed by atoms with van der Waals surface area (Å²) in [6.07, 6.45) is 3.16. The summed E-state index contributed by atoms with van der Waals surface area (Å²) in [5.41, 5.74) is 3.13. The lowest BCUT2D eigenvalue weighted by Crippen LogP contribution is -2.33. The van der Waals surface area contributed by atoms with Gasteiger partial charge in [-0.05, 0) is 25.3 Å². The fraction of sp³-hybridized carbons (Fsp3) is 0.348. The van der Waals surface area contributed by atoms with Crippen LogP contribution in [0.15, 0.2) is 40.9 Å². The van der Waals surface area contributed by atoms with Crippen molar-refractivity contribution in [2.75, 3.05) is 13.1 Å². The number of fused-ring (bicyclic) bond motifs is 1. The molecule has 2 fully saturated rings. The number of aromatic nitrogens is 2. The van der Waals surface area contributed by atoms with Gasteiger partial charge in [0.2, 0.25) is 11.8 Å². The maximum Gasteiger partial charge on any atom is 0.259 e. The van der Waals surface area contributed by atoms with E-state index in [0.717, 1.165) is 24.1 Å². The summed E-state index contributed by atoms with van der Waals surface area (Å²) >= 11 is 0. The fourth-order valence-electron chi connectivity index (χ4n) is 3.94. The first-order chi connectivity index (χ1) is 15.1. The third kappa shape index (κ3) is 3.81. The second-order valence-electron chi connectivity index (χ2n) is 7.99. The highest BCUT2D eigenvalue weighted by Gasteiger charge is 2.30. The van der Waals surface area contributed by atoms with Crippen LogP contribution in [-0.2, 0) is 9.59 Å². The van der Waals surface area contributed by atoms with Crippen molar-refractivity contribution in [3.8, 4) is 11.3 Å². The molecule has 158 valence electrons. The van der Waals surface area contributed by atoms with Crippen LogP contribution < -0.4 is 5.32 Å². The molecule has 0 unspecified atom stereocenters. The van der Waals surface area contributed by atoms with Gasteiger partial charge in [-0.1, -0.05) is 35.5 Å². The van der Waals surface area contributed by atoms with Crippen LogP contribution in [0.1, 0.15) is 54.1 Å². The van der Waals surface area contributed by atoms with Crippen LogP contribution in [0.2, 0.25) is 0 Å². The zero-order valence-electron chi connectivity index (χ0n) is 17.0. The van der Waals surface area contributed by atoms with Crippen LogP contribution in [0.4, 0.5) is 0 Å². The lowest BCUT2D eigenvalue weighted by molar-refractivity contribution is -0.138. The molecule has 3 amide bonds. The lowest BCUT2D eigenvalue weighted by atomic mass is 10.0. The Morgan fingerprint density at radius 2 is 1.87 bits per heavy atom. The topological polar surface area (TPSA) is 105 Å². The lowest BCUT2D eigenvalue weighted by Gasteiger charge is -2.14. The first kappa shape index (κ1) is 19.4. The second kappa shape index (κ2) is 7.94. The van der Waals surface area contributed by atoms with E-state index in [9.17, 15) is 14.4 Å². The monoisotopic (exact) mass is 418 g/mol. The quantitative estimate of drug-likeness (QED) is 0.467. The Morgan fingerprint density at radius 3 is 2.58 bits per heavy atom. The molecule has 0 bridgehead atoms. The number of carbonyl (C=O) groups is 3. The fourth-order valence-corrected chi connectivity index (χ4v) is 3.94. The molecule has 2 aliphatic rings. The minimum atomic E-state index is -0.242. The predicted octanol–water partition coefficient (Wildman–Crippen LogP) is 3.04. The molecule has 5 rings (SSSR count). The molecule has 0 atom stereocenters. The maximum absolute atomic E-state index is 13.1. The Balaban J connectivity index is 1.38. The standard InChI is InChI=1S/C23H22N4O4/c28-18-9-10-19(29)27(18)12-4-11-24-22(30)16-13-17(14-7-8-14)25-23-20(16)21(26-31-23)15-5-2-1-3-6-15/h1-3,5-6,13-14H,4,7-12H2,(H,24,30). The minimum absolute atomic E-state index is 0.141. The number of likely N-dealkylation sites (tertiary alicyclic amines) is 1. The van der Waals surface area contributed by atoms with Gasteiger partial charge in [0.1, 0.15) is 5.69 Å². The average molecular weight is 418 g/mol. The Bertz CT molecular complexity index is 1150. The molecule has 1 saturated carbocycles. The van der Waals surface area contributed by atoms with Gasteiger partial charge in [-0.2, -0.15) is 0 Å². The predicted molar refractivity (Wildman–Crippen MR) is 112 cm³/mol. The van der Waals surface area contributed by atoms with E-state index in [2.05, 4.69) is 15.5 Å². The number of benzene rings is 1. The maximum atomic E-state index is 13.1. The molecule has 8 heteroatoms. The number of nitrogens with zero attached hydrogens (tertiary/aromatic N) is 3. The molecular weight excluding hydrogens is 396 g/mol. The molecule has 31 heavy (non-hydrogen) atoms. The van der Waals surface area contributed by atoms with Crippen LogP contribution in [0, 0.1) is 0 Å². The molecule has 2 aromatic heterocycles. The summed E-state index contributed by atoms with van der Waals surface area (Å²) in [7, 11) is 0. The van der Waals surface area contributed by atoms with E-state index in [1.54, 1.807) is 0 Å². The average Bonchev–Trinajstić information content (AvgIpc) is 3.48. The van der Waals surface area contributed by atoms with Gasteiger partial charge in [0.05, 0.1) is 10.9 Å². The van der Waals surface area contributed by atoms with Crippen molar-refractivity contribution in [2.45, 2.75) is 38.0 Å². The van der Waals surface area contributed by atoms with Crippen LogP contribution in [0.5, 0.6) is 0 Å². The molecule has 1 saturated heterocycles. The number of hydrogen-bond donors (Lipinski definition) is 1. The second-order valence-corrected chi connectivity index (χ2v) is 7.99. The van der Waals surface area contributed by atoms with Crippen molar-refractivity contribution in [3.05, 3.63) is 47.7 Å². The van der Waals surface area contributed by atoms with Crippen molar-refractivity contribution in [2.24, 2.45) is 0 Å². The molecule has 1 aliphatic heterocycles. The number of nitrogens with one attached hydrogen (secondary N) is 1. The highest BCUT2D eigenvalue weighted by molar-refractivity contribution is 6.09. The summed E-state index contributed by atoms with van der Waals surface area (Å²) in [5.74, 6) is -0.168. The van der Waals surface area contributed by atoms with Gasteiger partial charge in [0.15, 0.2) is 0 Å². The van der Waals surface area contributed by atoms with E-state index in [1.807, 2.05) is 36.4 Å². The molecule has 1 N–H and O–H groups in total. The largest absolute Gasteiger partial charge is 0.352 e. The highest BCUT2D eigenvalue weighted by atomic mass is 16.5. The zero-order chi connectivity index (χ0) is 21.4. The molecular formula is C23H22N4O4. The third-order valence-electron chi connectivity index (χ3n) is 5.75. The summed E-state index contributed by atoms with van der Waals surface area (Å²) in [5, 5.41) is 7.71. The van der Waals surface area contributed by atoms with Crippen LogP contribution in [-0.4, -0.2) is 45.9 Å². The summed E-state index contributed by atoms with van der Waals surface area (Å²) in [6, 6.07) is 11.4. The number of rotatable bonds is 7. The van der Waals surface area contributed by atoms with Crippen LogP contribution in [0.3, 0.4) is 0 Å². The third-order valence-corrected chi connectivity index (χ3v) is 5.75. The Kier molecular flexibility index (Phi) is 4.97.